The molecule has 1 aromatic carbocycles. The number of rotatable bonds is 5. The zero-order valence-electron chi connectivity index (χ0n) is 11.0. The maximum absolute atomic E-state index is 11.9. The van der Waals surface area contributed by atoms with E-state index in [9.17, 15) is 19.2 Å². The fourth-order valence-corrected chi connectivity index (χ4v) is 1.84. The third kappa shape index (κ3) is 3.16. The highest BCUT2D eigenvalue weighted by atomic mass is 16.7. The molecule has 1 aromatic rings. The van der Waals surface area contributed by atoms with E-state index in [2.05, 4.69) is 5.32 Å². The Morgan fingerprint density at radius 1 is 1.14 bits per heavy atom. The van der Waals surface area contributed by atoms with Gasteiger partial charge < -0.3 is 15.9 Å². The van der Waals surface area contributed by atoms with E-state index in [1.165, 1.54) is 12.1 Å². The zero-order chi connectivity index (χ0) is 15.4. The number of nitrogens with one attached hydrogen (secondary N) is 1. The zero-order valence-corrected chi connectivity index (χ0v) is 11.0. The number of primary amides is 1. The molecule has 1 aliphatic rings. The highest BCUT2D eigenvalue weighted by Crippen LogP contribution is 2.22. The molecular weight excluding hydrogens is 278 g/mol. The van der Waals surface area contributed by atoms with Crippen LogP contribution in [-0.2, 0) is 9.63 Å². The molecule has 0 saturated heterocycles. The third-order valence-electron chi connectivity index (χ3n) is 2.81. The number of hydrogen-bond acceptors (Lipinski definition) is 5. The van der Waals surface area contributed by atoms with Crippen molar-refractivity contribution in [2.24, 2.45) is 5.73 Å². The number of hydrogen-bond donors (Lipinski definition) is 2. The number of amides is 4. The van der Waals surface area contributed by atoms with Gasteiger partial charge in [-0.1, -0.05) is 17.2 Å². The summed E-state index contributed by atoms with van der Waals surface area (Å²) in [5, 5.41) is 2.76. The predicted molar refractivity (Wildman–Crippen MR) is 69.9 cm³/mol. The predicted octanol–water partition coefficient (Wildman–Crippen LogP) is 0.189. The molecule has 0 spiro atoms. The fraction of sp³-hybridized carbons (Fsp3) is 0.231. The fourth-order valence-electron chi connectivity index (χ4n) is 1.84. The number of benzene rings is 1. The monoisotopic (exact) mass is 291 g/mol. The van der Waals surface area contributed by atoms with Crippen LogP contribution in [0.15, 0.2) is 24.3 Å². The Morgan fingerprint density at radius 3 is 2.24 bits per heavy atom. The highest BCUT2D eigenvalue weighted by Gasteiger charge is 2.38. The molecule has 0 unspecified atom stereocenters. The summed E-state index contributed by atoms with van der Waals surface area (Å²) in [6.07, 6.45) is 0.221. The van der Waals surface area contributed by atoms with E-state index in [0.29, 0.717) is 5.06 Å². The van der Waals surface area contributed by atoms with Gasteiger partial charge >= 0.3 is 12.0 Å². The van der Waals surface area contributed by atoms with Crippen molar-refractivity contribution in [3.05, 3.63) is 35.4 Å². The lowest BCUT2D eigenvalue weighted by Gasteiger charge is -2.12. The first-order valence-corrected chi connectivity index (χ1v) is 6.22. The second kappa shape index (κ2) is 6.04. The minimum absolute atomic E-state index is 0.0618. The smallest absolute Gasteiger partial charge is 0.333 e. The summed E-state index contributed by atoms with van der Waals surface area (Å²) in [4.78, 5) is 50.6. The van der Waals surface area contributed by atoms with Crippen molar-refractivity contribution < 1.29 is 24.0 Å². The van der Waals surface area contributed by atoms with Crippen LogP contribution in [0.4, 0.5) is 4.79 Å². The summed E-state index contributed by atoms with van der Waals surface area (Å²) in [6.45, 7) is 0.201. The van der Waals surface area contributed by atoms with E-state index in [4.69, 9.17) is 10.6 Å². The quantitative estimate of drug-likeness (QED) is 0.593. The number of carbonyl (C=O) groups is 4. The van der Waals surface area contributed by atoms with Gasteiger partial charge in [0.25, 0.3) is 11.8 Å². The molecule has 0 atom stereocenters. The Labute approximate surface area is 119 Å². The molecule has 1 aliphatic heterocycles. The normalized spacial score (nSPS) is 13.0. The lowest BCUT2D eigenvalue weighted by molar-refractivity contribution is -0.168. The van der Waals surface area contributed by atoms with Crippen molar-refractivity contribution in [1.82, 2.24) is 10.4 Å². The molecule has 21 heavy (non-hydrogen) atoms. The lowest BCUT2D eigenvalue weighted by atomic mass is 10.1. The summed E-state index contributed by atoms with van der Waals surface area (Å²) >= 11 is 0. The number of nitrogens with zero attached hydrogens (tertiary/aromatic N) is 1. The molecule has 110 valence electrons. The van der Waals surface area contributed by atoms with Gasteiger partial charge in [0, 0.05) is 13.0 Å². The summed E-state index contributed by atoms with van der Waals surface area (Å²) in [7, 11) is 0. The van der Waals surface area contributed by atoms with Crippen LogP contribution < -0.4 is 11.1 Å². The molecule has 4 amide bonds. The molecule has 8 nitrogen and oxygen atoms in total. The van der Waals surface area contributed by atoms with Crippen molar-refractivity contribution >= 4 is 23.8 Å². The van der Waals surface area contributed by atoms with Gasteiger partial charge in [-0.15, -0.1) is 0 Å². The molecule has 0 saturated carbocycles. The molecular formula is C13H13N3O5. The van der Waals surface area contributed by atoms with Gasteiger partial charge in [0.2, 0.25) is 0 Å². The van der Waals surface area contributed by atoms with Crippen molar-refractivity contribution in [2.75, 3.05) is 6.54 Å². The first-order chi connectivity index (χ1) is 10.0. The van der Waals surface area contributed by atoms with Gasteiger partial charge in [-0.2, -0.15) is 0 Å². The van der Waals surface area contributed by atoms with Crippen molar-refractivity contribution in [1.29, 1.82) is 0 Å². The molecule has 0 aromatic heterocycles. The van der Waals surface area contributed by atoms with Crippen LogP contribution >= 0.6 is 0 Å². The maximum Gasteiger partial charge on any atom is 0.333 e. The van der Waals surface area contributed by atoms with E-state index >= 15 is 0 Å². The highest BCUT2D eigenvalue weighted by molar-refractivity contribution is 6.20. The van der Waals surface area contributed by atoms with Gasteiger partial charge in [0.1, 0.15) is 0 Å². The Morgan fingerprint density at radius 2 is 1.71 bits per heavy atom. The van der Waals surface area contributed by atoms with Crippen LogP contribution in [-0.4, -0.2) is 35.4 Å². The molecule has 0 bridgehead atoms. The molecule has 3 N–H and O–H groups in total. The second-order valence-corrected chi connectivity index (χ2v) is 4.31. The minimum Gasteiger partial charge on any atom is -0.352 e. The second-order valence-electron chi connectivity index (χ2n) is 4.31. The standard InChI is InChI=1S/C13H13N3O5/c14-13(20)15-7-3-6-10(17)21-16-11(18)8-4-1-2-5-9(8)12(16)19/h1-2,4-5H,3,6-7H2,(H3,14,15,20). The van der Waals surface area contributed by atoms with E-state index in [1.807, 2.05) is 0 Å². The van der Waals surface area contributed by atoms with Gasteiger partial charge in [0.05, 0.1) is 11.1 Å². The van der Waals surface area contributed by atoms with E-state index < -0.39 is 23.8 Å². The Bertz CT molecular complexity index is 579. The number of carbonyl (C=O) groups excluding carboxylic acids is 4. The topological polar surface area (TPSA) is 119 Å². The van der Waals surface area contributed by atoms with Gasteiger partial charge in [-0.3, -0.25) is 9.59 Å². The minimum atomic E-state index is -0.740. The summed E-state index contributed by atoms with van der Waals surface area (Å²) in [6, 6.07) is 5.51. The SMILES string of the molecule is NC(=O)NCCCC(=O)ON1C(=O)c2ccccc2C1=O. The molecule has 1 heterocycles. The largest absolute Gasteiger partial charge is 0.352 e. The first-order valence-electron chi connectivity index (χ1n) is 6.22. The number of imide groups is 1. The van der Waals surface area contributed by atoms with Crippen LogP contribution in [0.1, 0.15) is 33.6 Å². The van der Waals surface area contributed by atoms with Crippen LogP contribution in [0, 0.1) is 0 Å². The maximum atomic E-state index is 11.9. The Kier molecular flexibility index (Phi) is 4.17. The number of fused-ring (bicyclic) bond motifs is 1. The summed E-state index contributed by atoms with van der Waals surface area (Å²) in [5.41, 5.74) is 5.26. The molecule has 8 heteroatoms. The number of hydroxylamine groups is 2. The summed E-state index contributed by atoms with van der Waals surface area (Å²) in [5.74, 6) is -2.07. The average molecular weight is 291 g/mol. The van der Waals surface area contributed by atoms with Crippen LogP contribution in [0.2, 0.25) is 0 Å². The van der Waals surface area contributed by atoms with Crippen molar-refractivity contribution in [3.8, 4) is 0 Å². The molecule has 0 fully saturated rings. The van der Waals surface area contributed by atoms with Gasteiger partial charge in [-0.05, 0) is 18.6 Å². The Balaban J connectivity index is 1.90. The van der Waals surface area contributed by atoms with E-state index in [-0.39, 0.29) is 30.5 Å². The van der Waals surface area contributed by atoms with E-state index in [1.54, 1.807) is 12.1 Å². The number of nitrogens with two attached hydrogens (primary N) is 1. The van der Waals surface area contributed by atoms with E-state index in [0.717, 1.165) is 0 Å². The third-order valence-corrected chi connectivity index (χ3v) is 2.81. The van der Waals surface area contributed by atoms with Crippen LogP contribution in [0.25, 0.3) is 0 Å². The van der Waals surface area contributed by atoms with Crippen LogP contribution in [0.5, 0.6) is 0 Å². The molecule has 0 aliphatic carbocycles. The Hall–Kier alpha value is -2.90. The first kappa shape index (κ1) is 14.5. The van der Waals surface area contributed by atoms with Gasteiger partial charge in [-0.25, -0.2) is 9.59 Å². The van der Waals surface area contributed by atoms with Crippen molar-refractivity contribution in [2.45, 2.75) is 12.8 Å². The molecule has 2 rings (SSSR count). The molecule has 0 radical (unpaired) electrons. The lowest BCUT2D eigenvalue weighted by Crippen LogP contribution is -2.33. The summed E-state index contributed by atoms with van der Waals surface area (Å²) < 4.78 is 0. The van der Waals surface area contributed by atoms with Crippen molar-refractivity contribution in [3.63, 3.8) is 0 Å². The van der Waals surface area contributed by atoms with Gasteiger partial charge in [0.15, 0.2) is 0 Å². The van der Waals surface area contributed by atoms with Crippen LogP contribution in [0.3, 0.4) is 0 Å². The average Bonchev–Trinajstić information content (AvgIpc) is 2.69. The number of urea groups is 1.